The molecule has 0 aliphatic carbocycles. The highest BCUT2D eigenvalue weighted by molar-refractivity contribution is 5.57. The molecule has 0 aromatic heterocycles. The zero-order valence-corrected chi connectivity index (χ0v) is 13.4. The van der Waals surface area contributed by atoms with Gasteiger partial charge in [-0.2, -0.15) is 0 Å². The van der Waals surface area contributed by atoms with Crippen LogP contribution in [-0.4, -0.2) is 28.1 Å². The van der Waals surface area contributed by atoms with Gasteiger partial charge in [-0.15, -0.1) is 0 Å². The van der Waals surface area contributed by atoms with Gasteiger partial charge in [-0.1, -0.05) is 6.92 Å². The third kappa shape index (κ3) is 8.06. The third-order valence-corrected chi connectivity index (χ3v) is 2.85. The van der Waals surface area contributed by atoms with Gasteiger partial charge >= 0.3 is 6.16 Å². The predicted molar refractivity (Wildman–Crippen MR) is 73.0 cm³/mol. The average Bonchev–Trinajstić information content (AvgIpc) is 2.11. The molecule has 0 heterocycles. The molecule has 0 saturated heterocycles. The quantitative estimate of drug-likeness (QED) is 0.451. The summed E-state index contributed by atoms with van der Waals surface area (Å²) in [5.41, 5.74) is -1.67. The van der Waals surface area contributed by atoms with Crippen LogP contribution in [0, 0.1) is 5.92 Å². The molecule has 0 aromatic carbocycles. The lowest BCUT2D eigenvalue weighted by Gasteiger charge is -2.36. The molecular weight excluding hydrogens is 248 g/mol. The van der Waals surface area contributed by atoms with Crippen molar-refractivity contribution in [1.82, 2.24) is 0 Å². The standard InChI is InChI=1S/C14H28O5/c1-10(14(7,8)17-11(15)16)9-13(5,6)19-18-12(2,3)4/h10H,9H2,1-8H3,(H,15,16). The lowest BCUT2D eigenvalue weighted by molar-refractivity contribution is -0.400. The van der Waals surface area contributed by atoms with Crippen LogP contribution < -0.4 is 0 Å². The van der Waals surface area contributed by atoms with Gasteiger partial charge in [-0.05, 0) is 60.8 Å². The summed E-state index contributed by atoms with van der Waals surface area (Å²) in [6.07, 6.45) is -0.648. The van der Waals surface area contributed by atoms with Crippen LogP contribution in [0.4, 0.5) is 4.79 Å². The number of rotatable bonds is 6. The Labute approximate surface area is 116 Å². The molecule has 0 amide bonds. The summed E-state index contributed by atoms with van der Waals surface area (Å²) in [5.74, 6) is -0.0119. The van der Waals surface area contributed by atoms with E-state index in [2.05, 4.69) is 0 Å². The fourth-order valence-electron chi connectivity index (χ4n) is 1.58. The summed E-state index contributed by atoms with van der Waals surface area (Å²) in [5, 5.41) is 8.73. The Bertz CT molecular complexity index is 301. The molecule has 0 fully saturated rings. The first-order chi connectivity index (χ1) is 8.25. The van der Waals surface area contributed by atoms with E-state index in [1.54, 1.807) is 13.8 Å². The van der Waals surface area contributed by atoms with E-state index in [9.17, 15) is 4.79 Å². The molecule has 0 aliphatic rings. The van der Waals surface area contributed by atoms with Gasteiger partial charge in [0.25, 0.3) is 0 Å². The minimum atomic E-state index is -1.26. The predicted octanol–water partition coefficient (Wildman–Crippen LogP) is 4.01. The maximum atomic E-state index is 10.7. The summed E-state index contributed by atoms with van der Waals surface area (Å²) in [6.45, 7) is 15.0. The number of hydrogen-bond donors (Lipinski definition) is 1. The van der Waals surface area contributed by atoms with Gasteiger partial charge in [0.15, 0.2) is 0 Å². The molecule has 5 nitrogen and oxygen atoms in total. The van der Waals surface area contributed by atoms with Gasteiger partial charge in [-0.3, -0.25) is 0 Å². The Morgan fingerprint density at radius 3 is 1.89 bits per heavy atom. The second-order valence-corrected chi connectivity index (χ2v) is 7.12. The average molecular weight is 276 g/mol. The van der Waals surface area contributed by atoms with E-state index in [-0.39, 0.29) is 11.5 Å². The molecule has 0 aromatic rings. The second-order valence-electron chi connectivity index (χ2n) is 7.12. The molecule has 0 rings (SSSR count). The molecule has 0 aliphatic heterocycles. The van der Waals surface area contributed by atoms with Crippen LogP contribution in [0.2, 0.25) is 0 Å². The van der Waals surface area contributed by atoms with E-state index in [0.717, 1.165) is 0 Å². The van der Waals surface area contributed by atoms with Gasteiger partial charge in [-0.25, -0.2) is 14.6 Å². The Morgan fingerprint density at radius 1 is 1.05 bits per heavy atom. The van der Waals surface area contributed by atoms with Crippen LogP contribution in [0.25, 0.3) is 0 Å². The third-order valence-electron chi connectivity index (χ3n) is 2.85. The summed E-state index contributed by atoms with van der Waals surface area (Å²) < 4.78 is 4.91. The summed E-state index contributed by atoms with van der Waals surface area (Å²) in [4.78, 5) is 21.5. The number of carboxylic acid groups (broad SMARTS) is 1. The SMILES string of the molecule is CC(CC(C)(C)OOC(C)(C)C)C(C)(C)OC(=O)O. The topological polar surface area (TPSA) is 65.0 Å². The Kier molecular flexibility index (Phi) is 5.83. The molecular formula is C14H28O5. The van der Waals surface area contributed by atoms with Crippen LogP contribution in [0.3, 0.4) is 0 Å². The van der Waals surface area contributed by atoms with Crippen molar-refractivity contribution in [2.24, 2.45) is 5.92 Å². The van der Waals surface area contributed by atoms with Crippen LogP contribution in [0.15, 0.2) is 0 Å². The van der Waals surface area contributed by atoms with Crippen molar-refractivity contribution in [2.45, 2.75) is 78.6 Å². The first-order valence-corrected chi connectivity index (χ1v) is 6.54. The van der Waals surface area contributed by atoms with E-state index in [1.165, 1.54) is 0 Å². The lowest BCUT2D eigenvalue weighted by atomic mass is 9.84. The van der Waals surface area contributed by atoms with Crippen molar-refractivity contribution in [2.75, 3.05) is 0 Å². The van der Waals surface area contributed by atoms with Crippen molar-refractivity contribution in [1.29, 1.82) is 0 Å². The van der Waals surface area contributed by atoms with Crippen molar-refractivity contribution in [3.8, 4) is 0 Å². The minimum absolute atomic E-state index is 0.0119. The summed E-state index contributed by atoms with van der Waals surface area (Å²) >= 11 is 0. The largest absolute Gasteiger partial charge is 0.506 e. The zero-order valence-electron chi connectivity index (χ0n) is 13.4. The maximum absolute atomic E-state index is 10.7. The van der Waals surface area contributed by atoms with Crippen LogP contribution in [-0.2, 0) is 14.5 Å². The van der Waals surface area contributed by atoms with Crippen molar-refractivity contribution >= 4 is 6.16 Å². The van der Waals surface area contributed by atoms with Crippen molar-refractivity contribution < 1.29 is 24.4 Å². The first kappa shape index (κ1) is 18.2. The molecule has 1 N–H and O–H groups in total. The molecule has 114 valence electrons. The Morgan fingerprint density at radius 2 is 1.53 bits per heavy atom. The number of carbonyl (C=O) groups is 1. The minimum Gasteiger partial charge on any atom is -0.450 e. The van der Waals surface area contributed by atoms with Crippen LogP contribution in [0.5, 0.6) is 0 Å². The van der Waals surface area contributed by atoms with Crippen molar-refractivity contribution in [3.63, 3.8) is 0 Å². The highest BCUT2D eigenvalue weighted by Crippen LogP contribution is 2.31. The Balaban J connectivity index is 4.52. The number of ether oxygens (including phenoxy) is 1. The van der Waals surface area contributed by atoms with Gasteiger partial charge in [0.2, 0.25) is 0 Å². The highest BCUT2D eigenvalue weighted by atomic mass is 17.2. The van der Waals surface area contributed by atoms with Gasteiger partial charge < -0.3 is 9.84 Å². The van der Waals surface area contributed by atoms with Crippen LogP contribution >= 0.6 is 0 Å². The van der Waals surface area contributed by atoms with Gasteiger partial charge in [0.1, 0.15) is 5.60 Å². The Hall–Kier alpha value is -0.810. The fraction of sp³-hybridized carbons (Fsp3) is 0.929. The molecule has 19 heavy (non-hydrogen) atoms. The van der Waals surface area contributed by atoms with E-state index >= 15 is 0 Å². The molecule has 0 saturated carbocycles. The summed E-state index contributed by atoms with van der Waals surface area (Å²) in [6, 6.07) is 0. The van der Waals surface area contributed by atoms with Crippen LogP contribution in [0.1, 0.15) is 61.8 Å². The van der Waals surface area contributed by atoms with E-state index in [4.69, 9.17) is 19.6 Å². The molecule has 0 spiro atoms. The molecule has 0 bridgehead atoms. The summed E-state index contributed by atoms with van der Waals surface area (Å²) in [7, 11) is 0. The van der Waals surface area contributed by atoms with Crippen molar-refractivity contribution in [3.05, 3.63) is 0 Å². The highest BCUT2D eigenvalue weighted by Gasteiger charge is 2.36. The molecule has 0 radical (unpaired) electrons. The maximum Gasteiger partial charge on any atom is 0.506 e. The smallest absolute Gasteiger partial charge is 0.450 e. The first-order valence-electron chi connectivity index (χ1n) is 6.54. The van der Waals surface area contributed by atoms with E-state index < -0.39 is 17.4 Å². The molecule has 1 atom stereocenters. The van der Waals surface area contributed by atoms with Gasteiger partial charge in [0, 0.05) is 0 Å². The zero-order chi connectivity index (χ0) is 15.5. The monoisotopic (exact) mass is 276 g/mol. The fourth-order valence-corrected chi connectivity index (χ4v) is 1.58. The molecule has 5 heteroatoms. The van der Waals surface area contributed by atoms with E-state index in [1.807, 2.05) is 41.5 Å². The number of hydrogen-bond acceptors (Lipinski definition) is 4. The lowest BCUT2D eigenvalue weighted by Crippen LogP contribution is -2.40. The molecule has 1 unspecified atom stereocenters. The van der Waals surface area contributed by atoms with E-state index in [0.29, 0.717) is 6.42 Å². The normalized spacial score (nSPS) is 15.2. The second kappa shape index (κ2) is 6.09. The van der Waals surface area contributed by atoms with Gasteiger partial charge in [0.05, 0.1) is 11.2 Å².